The summed E-state index contributed by atoms with van der Waals surface area (Å²) >= 11 is 0. The maximum Gasteiger partial charge on any atom is 0.322 e. The van der Waals surface area contributed by atoms with Crippen molar-refractivity contribution in [1.82, 2.24) is 10.6 Å². The number of imide groups is 1. The molecule has 1 fully saturated rings. The van der Waals surface area contributed by atoms with Gasteiger partial charge in [-0.25, -0.2) is 4.79 Å². The second kappa shape index (κ2) is 6.84. The molecule has 0 spiro atoms. The summed E-state index contributed by atoms with van der Waals surface area (Å²) in [5.41, 5.74) is 0.676. The second-order valence-electron chi connectivity index (χ2n) is 3.53. The third-order valence-electron chi connectivity index (χ3n) is 1.97. The highest BCUT2D eigenvalue weighted by Crippen LogP contribution is 2.12. The number of carboxylic acids is 1. The number of rotatable bonds is 3. The Kier molecular flexibility index (Phi) is 5.15. The first-order valence-corrected chi connectivity index (χ1v) is 5.30. The van der Waals surface area contributed by atoms with Crippen LogP contribution in [-0.2, 0) is 9.59 Å². The minimum Gasteiger partial charge on any atom is -0.508 e. The topological polar surface area (TPSA) is 128 Å². The Hall–Kier alpha value is -2.77. The van der Waals surface area contributed by atoms with Gasteiger partial charge in [-0.1, -0.05) is 0 Å². The molecule has 2 rings (SSSR count). The van der Waals surface area contributed by atoms with Gasteiger partial charge in [0.25, 0.3) is 0 Å². The van der Waals surface area contributed by atoms with Crippen molar-refractivity contribution in [3.63, 3.8) is 0 Å². The summed E-state index contributed by atoms with van der Waals surface area (Å²) in [7, 11) is 0. The van der Waals surface area contributed by atoms with Gasteiger partial charge in [0.1, 0.15) is 12.3 Å². The van der Waals surface area contributed by atoms with Gasteiger partial charge in [-0.15, -0.1) is 0 Å². The molecule has 0 unspecified atom stereocenters. The van der Waals surface area contributed by atoms with E-state index in [0.717, 1.165) is 0 Å². The number of hydrogen-bond donors (Lipinski definition) is 5. The Morgan fingerprint density at radius 1 is 1.26 bits per heavy atom. The first-order chi connectivity index (χ1) is 8.97. The lowest BCUT2D eigenvalue weighted by molar-refractivity contribution is -0.135. The van der Waals surface area contributed by atoms with Crippen LogP contribution in [0.3, 0.4) is 0 Å². The molecule has 1 aliphatic heterocycles. The van der Waals surface area contributed by atoms with Crippen LogP contribution in [0, 0.1) is 0 Å². The van der Waals surface area contributed by atoms with Gasteiger partial charge in [0.2, 0.25) is 5.91 Å². The predicted molar refractivity (Wildman–Crippen MR) is 65.8 cm³/mol. The number of carbonyl (C=O) groups excluding carboxylic acids is 2. The maximum atomic E-state index is 10.1. The molecule has 0 aromatic heterocycles. The van der Waals surface area contributed by atoms with Crippen molar-refractivity contribution < 1.29 is 24.6 Å². The van der Waals surface area contributed by atoms with Gasteiger partial charge in [-0.2, -0.15) is 0 Å². The molecule has 1 aromatic carbocycles. The van der Waals surface area contributed by atoms with E-state index in [4.69, 9.17) is 10.2 Å². The van der Waals surface area contributed by atoms with Crippen LogP contribution >= 0.6 is 0 Å². The van der Waals surface area contributed by atoms with Crippen LogP contribution in [0.5, 0.6) is 5.75 Å². The highest BCUT2D eigenvalue weighted by molar-refractivity contribution is 6.01. The molecule has 1 saturated heterocycles. The van der Waals surface area contributed by atoms with E-state index < -0.39 is 12.0 Å². The lowest BCUT2D eigenvalue weighted by atomic mass is 10.3. The Bertz CT molecular complexity index is 458. The SMILES string of the molecule is O=C(O)CNc1ccc(O)cc1.O=C1CNC(=O)N1. The average molecular weight is 267 g/mol. The first-order valence-electron chi connectivity index (χ1n) is 5.30. The molecule has 1 aromatic rings. The molecule has 0 saturated carbocycles. The number of anilines is 1. The van der Waals surface area contributed by atoms with E-state index in [1.54, 1.807) is 12.1 Å². The van der Waals surface area contributed by atoms with Crippen LogP contribution in [0.4, 0.5) is 10.5 Å². The van der Waals surface area contributed by atoms with Gasteiger partial charge < -0.3 is 20.8 Å². The van der Waals surface area contributed by atoms with E-state index in [2.05, 4.69) is 10.6 Å². The third-order valence-corrected chi connectivity index (χ3v) is 1.97. The number of urea groups is 1. The Morgan fingerprint density at radius 2 is 1.89 bits per heavy atom. The highest BCUT2D eigenvalue weighted by atomic mass is 16.4. The fourth-order valence-electron chi connectivity index (χ4n) is 1.13. The molecule has 0 aliphatic carbocycles. The van der Waals surface area contributed by atoms with Crippen LogP contribution in [0.1, 0.15) is 0 Å². The molecule has 19 heavy (non-hydrogen) atoms. The first kappa shape index (κ1) is 14.3. The number of phenolic OH excluding ortho intramolecular Hbond substituents is 1. The summed E-state index contributed by atoms with van der Waals surface area (Å²) in [6.45, 7) is 0.00358. The van der Waals surface area contributed by atoms with E-state index in [9.17, 15) is 14.4 Å². The van der Waals surface area contributed by atoms with Gasteiger partial charge in [0.05, 0.1) is 6.54 Å². The lowest BCUT2D eigenvalue weighted by Crippen LogP contribution is -2.22. The summed E-state index contributed by atoms with van der Waals surface area (Å²) in [6.07, 6.45) is 0. The van der Waals surface area contributed by atoms with Crippen LogP contribution in [0.2, 0.25) is 0 Å². The monoisotopic (exact) mass is 267 g/mol. The minimum absolute atomic E-state index is 0.120. The average Bonchev–Trinajstić information content (AvgIpc) is 2.73. The molecule has 0 atom stereocenters. The van der Waals surface area contributed by atoms with Crippen molar-refractivity contribution in [3.8, 4) is 5.75 Å². The summed E-state index contributed by atoms with van der Waals surface area (Å²) in [4.78, 5) is 30.2. The van der Waals surface area contributed by atoms with Gasteiger partial charge in [0.15, 0.2) is 0 Å². The van der Waals surface area contributed by atoms with Gasteiger partial charge in [-0.3, -0.25) is 14.9 Å². The standard InChI is InChI=1S/C8H9NO3.C3H4N2O2/c10-7-3-1-6(2-4-7)9-5-8(11)12;6-2-1-4-3(7)5-2/h1-4,9-10H,5H2,(H,11,12);1H2,(H2,4,5,6,7). The fourth-order valence-corrected chi connectivity index (χ4v) is 1.13. The summed E-state index contributed by atoms with van der Waals surface area (Å²) in [5, 5.41) is 24.2. The van der Waals surface area contributed by atoms with E-state index in [0.29, 0.717) is 5.69 Å². The number of phenols is 1. The molecule has 0 radical (unpaired) electrons. The zero-order valence-corrected chi connectivity index (χ0v) is 9.84. The van der Waals surface area contributed by atoms with E-state index in [1.807, 2.05) is 5.32 Å². The largest absolute Gasteiger partial charge is 0.508 e. The van der Waals surface area contributed by atoms with E-state index in [-0.39, 0.29) is 24.7 Å². The summed E-state index contributed by atoms with van der Waals surface area (Å²) < 4.78 is 0. The predicted octanol–water partition coefficient (Wildman–Crippen LogP) is -0.285. The molecule has 5 N–H and O–H groups in total. The van der Waals surface area contributed by atoms with Crippen LogP contribution in [0.15, 0.2) is 24.3 Å². The molecular weight excluding hydrogens is 254 g/mol. The number of carbonyl (C=O) groups is 3. The van der Waals surface area contributed by atoms with Crippen molar-refractivity contribution in [1.29, 1.82) is 0 Å². The van der Waals surface area contributed by atoms with Crippen molar-refractivity contribution in [2.24, 2.45) is 0 Å². The number of aromatic hydroxyl groups is 1. The van der Waals surface area contributed by atoms with Gasteiger partial charge in [-0.05, 0) is 24.3 Å². The van der Waals surface area contributed by atoms with Crippen molar-refractivity contribution >= 4 is 23.6 Å². The summed E-state index contributed by atoms with van der Waals surface area (Å²) in [5.74, 6) is -1.01. The minimum atomic E-state index is -0.914. The van der Waals surface area contributed by atoms with E-state index in [1.165, 1.54) is 12.1 Å². The van der Waals surface area contributed by atoms with Crippen molar-refractivity contribution in [2.45, 2.75) is 0 Å². The number of benzene rings is 1. The Balaban J connectivity index is 0.000000218. The second-order valence-corrected chi connectivity index (χ2v) is 3.53. The number of aliphatic carboxylic acids is 1. The molecule has 8 heteroatoms. The highest BCUT2D eigenvalue weighted by Gasteiger charge is 2.14. The number of amides is 3. The van der Waals surface area contributed by atoms with Gasteiger partial charge in [0, 0.05) is 5.69 Å². The zero-order valence-electron chi connectivity index (χ0n) is 9.84. The Labute approximate surface area is 108 Å². The van der Waals surface area contributed by atoms with Crippen molar-refractivity contribution in [3.05, 3.63) is 24.3 Å². The smallest absolute Gasteiger partial charge is 0.322 e. The molecule has 0 bridgehead atoms. The molecule has 102 valence electrons. The fraction of sp³-hybridized carbons (Fsp3) is 0.182. The van der Waals surface area contributed by atoms with Crippen molar-refractivity contribution in [2.75, 3.05) is 18.4 Å². The molecular formula is C11H13N3O5. The van der Waals surface area contributed by atoms with Crippen LogP contribution < -0.4 is 16.0 Å². The number of hydrogen-bond acceptors (Lipinski definition) is 5. The summed E-state index contributed by atoms with van der Waals surface area (Å²) in [6, 6.07) is 5.80. The van der Waals surface area contributed by atoms with Crippen LogP contribution in [0.25, 0.3) is 0 Å². The normalized spacial score (nSPS) is 12.8. The molecule has 8 nitrogen and oxygen atoms in total. The lowest BCUT2D eigenvalue weighted by Gasteiger charge is -2.01. The number of carboxylic acid groups (broad SMARTS) is 1. The van der Waals surface area contributed by atoms with Crippen LogP contribution in [-0.4, -0.2) is 41.2 Å². The van der Waals surface area contributed by atoms with E-state index >= 15 is 0 Å². The number of nitrogens with one attached hydrogen (secondary N) is 3. The quantitative estimate of drug-likeness (QED) is 0.378. The third kappa shape index (κ3) is 5.91. The zero-order chi connectivity index (χ0) is 14.3. The van der Waals surface area contributed by atoms with Gasteiger partial charge >= 0.3 is 12.0 Å². The molecule has 1 heterocycles. The maximum absolute atomic E-state index is 10.1. The molecule has 3 amide bonds. The Morgan fingerprint density at radius 3 is 2.26 bits per heavy atom. The molecule has 1 aliphatic rings.